The summed E-state index contributed by atoms with van der Waals surface area (Å²) in [6.45, 7) is 5.30. The average Bonchev–Trinajstić information content (AvgIpc) is 3.19. The van der Waals surface area contributed by atoms with E-state index in [1.54, 1.807) is 0 Å². The van der Waals surface area contributed by atoms with Gasteiger partial charge in [0.25, 0.3) is 0 Å². The Balaban J connectivity index is 1.97. The van der Waals surface area contributed by atoms with E-state index in [4.69, 9.17) is 16.6 Å². The molecule has 3 rings (SSSR count). The number of likely N-dealkylation sites (N-methyl/N-ethyl adjacent to an activating group) is 1. The number of nitrogens with zero attached hydrogens (tertiary/aromatic N) is 5. The third-order valence-electron chi connectivity index (χ3n) is 4.59. The molecule has 0 bridgehead atoms. The van der Waals surface area contributed by atoms with Crippen molar-refractivity contribution in [2.24, 2.45) is 7.05 Å². The lowest BCUT2D eigenvalue weighted by Gasteiger charge is -2.25. The minimum Gasteiger partial charge on any atom is -0.310 e. The van der Waals surface area contributed by atoms with Gasteiger partial charge < -0.3 is 4.57 Å². The molecule has 0 N–H and O–H groups in total. The van der Waals surface area contributed by atoms with Crippen LogP contribution in [0.15, 0.2) is 0 Å². The van der Waals surface area contributed by atoms with Crippen molar-refractivity contribution in [2.75, 3.05) is 7.05 Å². The zero-order chi connectivity index (χ0) is 15.1. The summed E-state index contributed by atoms with van der Waals surface area (Å²) >= 11 is 6.12. The molecule has 0 aliphatic heterocycles. The van der Waals surface area contributed by atoms with E-state index in [2.05, 4.69) is 35.5 Å². The van der Waals surface area contributed by atoms with Crippen molar-refractivity contribution in [1.82, 2.24) is 24.2 Å². The van der Waals surface area contributed by atoms with E-state index in [1.165, 1.54) is 12.8 Å². The van der Waals surface area contributed by atoms with Gasteiger partial charge in [-0.3, -0.25) is 9.58 Å². The molecule has 0 aromatic carbocycles. The van der Waals surface area contributed by atoms with Gasteiger partial charge in [-0.25, -0.2) is 4.98 Å². The van der Waals surface area contributed by atoms with Crippen molar-refractivity contribution in [3.8, 4) is 0 Å². The molecular weight excluding hydrogens is 286 g/mol. The highest BCUT2D eigenvalue weighted by Crippen LogP contribution is 2.28. The standard InChI is InChI=1S/C15H24ClN5/c1-5-12-14-15(20(4)18-12)21(13(8-16)17-14)9-10(2)19(3)11-6-7-11/h10-11H,5-9H2,1-4H3. The Morgan fingerprint density at radius 2 is 2.14 bits per heavy atom. The lowest BCUT2D eigenvalue weighted by molar-refractivity contribution is 0.225. The zero-order valence-corrected chi connectivity index (χ0v) is 14.1. The predicted molar refractivity (Wildman–Crippen MR) is 85.7 cm³/mol. The van der Waals surface area contributed by atoms with Crippen LogP contribution in [0, 0.1) is 0 Å². The Morgan fingerprint density at radius 3 is 2.71 bits per heavy atom. The number of hydrogen-bond acceptors (Lipinski definition) is 3. The van der Waals surface area contributed by atoms with Crippen LogP contribution in [0.5, 0.6) is 0 Å². The molecule has 6 heteroatoms. The van der Waals surface area contributed by atoms with Crippen molar-refractivity contribution >= 4 is 22.8 Å². The van der Waals surface area contributed by atoms with Crippen LogP contribution in [0.2, 0.25) is 0 Å². The molecule has 1 aliphatic rings. The first-order valence-corrected chi connectivity index (χ1v) is 8.29. The Hall–Kier alpha value is -1.07. The predicted octanol–water partition coefficient (Wildman–Crippen LogP) is 2.55. The highest BCUT2D eigenvalue weighted by atomic mass is 35.5. The van der Waals surface area contributed by atoms with Gasteiger partial charge in [-0.2, -0.15) is 5.10 Å². The molecule has 1 fully saturated rings. The summed E-state index contributed by atoms with van der Waals surface area (Å²) in [6, 6.07) is 1.23. The molecule has 2 aromatic heterocycles. The first-order chi connectivity index (χ1) is 10.1. The number of hydrogen-bond donors (Lipinski definition) is 0. The number of rotatable bonds is 6. The van der Waals surface area contributed by atoms with E-state index in [-0.39, 0.29) is 0 Å². The van der Waals surface area contributed by atoms with Gasteiger partial charge in [-0.05, 0) is 33.2 Å². The second-order valence-electron chi connectivity index (χ2n) is 6.11. The second-order valence-corrected chi connectivity index (χ2v) is 6.38. The fourth-order valence-electron chi connectivity index (χ4n) is 3.05. The minimum atomic E-state index is 0.442. The second kappa shape index (κ2) is 5.61. The first kappa shape index (κ1) is 14.9. The van der Waals surface area contributed by atoms with E-state index in [9.17, 15) is 0 Å². The number of aromatic nitrogens is 4. The van der Waals surface area contributed by atoms with Crippen LogP contribution in [0.3, 0.4) is 0 Å². The van der Waals surface area contributed by atoms with Crippen LogP contribution in [-0.2, 0) is 25.9 Å². The van der Waals surface area contributed by atoms with Crippen molar-refractivity contribution in [2.45, 2.75) is 57.6 Å². The van der Waals surface area contributed by atoms with E-state index < -0.39 is 0 Å². The fraction of sp³-hybridized carbons (Fsp3) is 0.733. The van der Waals surface area contributed by atoms with Gasteiger partial charge in [0.2, 0.25) is 0 Å². The average molecular weight is 310 g/mol. The molecule has 2 heterocycles. The van der Waals surface area contributed by atoms with Gasteiger partial charge >= 0.3 is 0 Å². The van der Waals surface area contributed by atoms with Crippen molar-refractivity contribution in [1.29, 1.82) is 0 Å². The van der Waals surface area contributed by atoms with Gasteiger partial charge in [0.05, 0.1) is 11.6 Å². The summed E-state index contributed by atoms with van der Waals surface area (Å²) in [5.41, 5.74) is 3.16. The molecule has 0 amide bonds. The molecule has 1 aliphatic carbocycles. The monoisotopic (exact) mass is 309 g/mol. The van der Waals surface area contributed by atoms with E-state index in [1.807, 2.05) is 11.7 Å². The topological polar surface area (TPSA) is 38.9 Å². The molecule has 21 heavy (non-hydrogen) atoms. The molecule has 2 aromatic rings. The maximum absolute atomic E-state index is 6.12. The van der Waals surface area contributed by atoms with Gasteiger partial charge in [0, 0.05) is 25.7 Å². The van der Waals surface area contributed by atoms with E-state index >= 15 is 0 Å². The van der Waals surface area contributed by atoms with Crippen LogP contribution >= 0.6 is 11.6 Å². The maximum atomic E-state index is 6.12. The van der Waals surface area contributed by atoms with Crippen LogP contribution in [0.4, 0.5) is 0 Å². The van der Waals surface area contributed by atoms with Gasteiger partial charge in [0.1, 0.15) is 11.3 Å². The summed E-state index contributed by atoms with van der Waals surface area (Å²) < 4.78 is 4.19. The van der Waals surface area contributed by atoms with Crippen LogP contribution in [0.1, 0.15) is 38.2 Å². The number of halogens is 1. The van der Waals surface area contributed by atoms with Crippen molar-refractivity contribution in [3.63, 3.8) is 0 Å². The number of aryl methyl sites for hydroxylation is 2. The third kappa shape index (κ3) is 2.57. The van der Waals surface area contributed by atoms with Gasteiger partial charge in [-0.1, -0.05) is 6.92 Å². The Bertz CT molecular complexity index is 640. The normalized spacial score (nSPS) is 17.0. The molecular formula is C15H24ClN5. The molecule has 1 unspecified atom stereocenters. The lowest BCUT2D eigenvalue weighted by Crippen LogP contribution is -2.35. The molecule has 0 radical (unpaired) electrons. The molecule has 0 saturated heterocycles. The summed E-state index contributed by atoms with van der Waals surface area (Å²) in [5, 5.41) is 4.58. The highest BCUT2D eigenvalue weighted by Gasteiger charge is 2.30. The molecule has 1 atom stereocenters. The Kier molecular flexibility index (Phi) is 3.97. The Morgan fingerprint density at radius 1 is 1.43 bits per heavy atom. The SMILES string of the molecule is CCc1nn(C)c2c1nc(CCl)n2CC(C)N(C)C1CC1. The number of alkyl halides is 1. The third-order valence-corrected chi connectivity index (χ3v) is 4.83. The summed E-state index contributed by atoms with van der Waals surface area (Å²) in [7, 11) is 4.21. The van der Waals surface area contributed by atoms with E-state index in [0.717, 1.165) is 41.7 Å². The summed E-state index contributed by atoms with van der Waals surface area (Å²) in [5.74, 6) is 1.39. The smallest absolute Gasteiger partial charge is 0.158 e. The highest BCUT2D eigenvalue weighted by molar-refractivity contribution is 6.16. The van der Waals surface area contributed by atoms with E-state index in [0.29, 0.717) is 11.9 Å². The molecule has 116 valence electrons. The lowest BCUT2D eigenvalue weighted by atomic mass is 10.3. The molecule has 1 saturated carbocycles. The minimum absolute atomic E-state index is 0.442. The maximum Gasteiger partial charge on any atom is 0.158 e. The quantitative estimate of drug-likeness (QED) is 0.770. The summed E-state index contributed by atoms with van der Waals surface area (Å²) in [6.07, 6.45) is 3.55. The van der Waals surface area contributed by atoms with Crippen molar-refractivity contribution < 1.29 is 0 Å². The van der Waals surface area contributed by atoms with Crippen molar-refractivity contribution in [3.05, 3.63) is 11.5 Å². The van der Waals surface area contributed by atoms with Crippen LogP contribution in [-0.4, -0.2) is 43.4 Å². The Labute approximate surface area is 130 Å². The molecule has 0 spiro atoms. The number of fused-ring (bicyclic) bond motifs is 1. The number of imidazole rings is 1. The van der Waals surface area contributed by atoms with Gasteiger partial charge in [-0.15, -0.1) is 11.6 Å². The largest absolute Gasteiger partial charge is 0.310 e. The summed E-state index contributed by atoms with van der Waals surface area (Å²) in [4.78, 5) is 7.20. The molecule has 5 nitrogen and oxygen atoms in total. The van der Waals surface area contributed by atoms with Crippen LogP contribution < -0.4 is 0 Å². The fourth-order valence-corrected chi connectivity index (χ4v) is 3.26. The van der Waals surface area contributed by atoms with Crippen LogP contribution in [0.25, 0.3) is 11.2 Å². The first-order valence-electron chi connectivity index (χ1n) is 7.75. The van der Waals surface area contributed by atoms with Gasteiger partial charge in [0.15, 0.2) is 5.65 Å². The zero-order valence-electron chi connectivity index (χ0n) is 13.3.